The molecule has 0 aliphatic carbocycles. The van der Waals surface area contributed by atoms with Crippen LogP contribution in [0.1, 0.15) is 27.0 Å². The number of thioether (sulfide) groups is 1. The number of benzene rings is 3. The molecule has 1 N–H and O–H groups in total. The van der Waals surface area contributed by atoms with Gasteiger partial charge in [0, 0.05) is 29.1 Å². The molecule has 0 fully saturated rings. The number of hydrogen-bond donors (Lipinski definition) is 1. The average Bonchev–Trinajstić information content (AvgIpc) is 3.24. The molecule has 8 heteroatoms. The Balaban J connectivity index is 1.30. The highest BCUT2D eigenvalue weighted by molar-refractivity contribution is 7.98. The summed E-state index contributed by atoms with van der Waals surface area (Å²) in [5, 5.41) is 4.48. The molecule has 0 saturated heterocycles. The highest BCUT2D eigenvalue weighted by Crippen LogP contribution is 2.28. The van der Waals surface area contributed by atoms with E-state index in [0.29, 0.717) is 23.7 Å². The highest BCUT2D eigenvalue weighted by Gasteiger charge is 2.13. The third-order valence-corrected chi connectivity index (χ3v) is 6.98. The van der Waals surface area contributed by atoms with Gasteiger partial charge in [0.25, 0.3) is 5.91 Å². The smallest absolute Gasteiger partial charge is 0.251 e. The fourth-order valence-electron chi connectivity index (χ4n) is 3.82. The number of imidazole rings is 1. The normalized spacial score (nSPS) is 11.1. The van der Waals surface area contributed by atoms with Crippen LogP contribution < -0.4 is 5.32 Å². The van der Waals surface area contributed by atoms with Crippen LogP contribution >= 0.6 is 23.4 Å². The molecular weight excluding hydrogens is 495 g/mol. The summed E-state index contributed by atoms with van der Waals surface area (Å²) in [6, 6.07) is 23.3. The summed E-state index contributed by atoms with van der Waals surface area (Å²) in [6.07, 6.45) is 3.56. The second kappa shape index (κ2) is 10.9. The van der Waals surface area contributed by atoms with Crippen molar-refractivity contribution >= 4 is 40.3 Å². The van der Waals surface area contributed by atoms with Crippen molar-refractivity contribution in [1.82, 2.24) is 19.9 Å². The first-order chi connectivity index (χ1) is 17.5. The van der Waals surface area contributed by atoms with Gasteiger partial charge >= 0.3 is 0 Å². The van der Waals surface area contributed by atoms with Gasteiger partial charge in [-0.05, 0) is 59.2 Å². The van der Waals surface area contributed by atoms with E-state index in [1.165, 1.54) is 12.1 Å². The Morgan fingerprint density at radius 3 is 2.53 bits per heavy atom. The summed E-state index contributed by atoms with van der Waals surface area (Å²) in [6.45, 7) is 0.930. The number of fused-ring (bicyclic) bond motifs is 1. The second-order valence-corrected chi connectivity index (χ2v) is 9.65. The molecule has 5 nitrogen and oxygen atoms in total. The fraction of sp³-hybridized carbons (Fsp3) is 0.107. The summed E-state index contributed by atoms with van der Waals surface area (Å²) in [5.74, 6) is 0.263. The fourth-order valence-corrected chi connectivity index (χ4v) is 4.99. The van der Waals surface area contributed by atoms with Crippen molar-refractivity contribution in [3.8, 4) is 0 Å². The largest absolute Gasteiger partial charge is 0.348 e. The van der Waals surface area contributed by atoms with Crippen LogP contribution in [0.5, 0.6) is 0 Å². The lowest BCUT2D eigenvalue weighted by atomic mass is 10.1. The minimum absolute atomic E-state index is 0.180. The van der Waals surface area contributed by atoms with E-state index in [1.54, 1.807) is 30.1 Å². The van der Waals surface area contributed by atoms with E-state index >= 15 is 0 Å². The zero-order chi connectivity index (χ0) is 24.9. The van der Waals surface area contributed by atoms with Crippen molar-refractivity contribution in [2.24, 2.45) is 0 Å². The van der Waals surface area contributed by atoms with E-state index in [0.717, 1.165) is 38.6 Å². The summed E-state index contributed by atoms with van der Waals surface area (Å²) >= 11 is 7.79. The minimum atomic E-state index is -0.298. The van der Waals surface area contributed by atoms with Crippen LogP contribution in [0.2, 0.25) is 5.02 Å². The first-order valence-electron chi connectivity index (χ1n) is 11.3. The van der Waals surface area contributed by atoms with Crippen LogP contribution in [-0.2, 0) is 18.8 Å². The van der Waals surface area contributed by atoms with E-state index in [4.69, 9.17) is 16.6 Å². The number of carbonyl (C=O) groups is 1. The lowest BCUT2D eigenvalue weighted by molar-refractivity contribution is 0.0951. The van der Waals surface area contributed by atoms with E-state index in [2.05, 4.69) is 14.9 Å². The molecule has 180 valence electrons. The van der Waals surface area contributed by atoms with E-state index < -0.39 is 0 Å². The molecule has 0 bridgehead atoms. The minimum Gasteiger partial charge on any atom is -0.348 e. The van der Waals surface area contributed by atoms with Gasteiger partial charge in [-0.1, -0.05) is 59.8 Å². The van der Waals surface area contributed by atoms with Gasteiger partial charge in [0.05, 0.1) is 23.8 Å². The standard InChI is InChI=1S/C28H22ClFN4OS/c29-23-3-1-2-21(14-23)18-36-28-33-25-12-13-31-16-26(25)34(28)17-20-4-8-22(9-5-20)27(35)32-15-19-6-10-24(30)11-7-19/h1-14,16H,15,17-18H2,(H,32,35). The van der Waals surface area contributed by atoms with Crippen LogP contribution in [0.15, 0.2) is 96.4 Å². The molecule has 0 saturated carbocycles. The monoisotopic (exact) mass is 516 g/mol. The molecule has 2 aromatic heterocycles. The van der Waals surface area contributed by atoms with Gasteiger partial charge in [-0.25, -0.2) is 9.37 Å². The Hall–Kier alpha value is -3.68. The first kappa shape index (κ1) is 24.0. The van der Waals surface area contributed by atoms with E-state index in [-0.39, 0.29) is 11.7 Å². The second-order valence-electron chi connectivity index (χ2n) is 8.27. The van der Waals surface area contributed by atoms with Gasteiger partial charge in [-0.2, -0.15) is 0 Å². The van der Waals surface area contributed by atoms with Crippen LogP contribution in [-0.4, -0.2) is 20.4 Å². The Morgan fingerprint density at radius 1 is 0.972 bits per heavy atom. The number of nitrogens with one attached hydrogen (secondary N) is 1. The number of carbonyl (C=O) groups excluding carboxylic acids is 1. The lowest BCUT2D eigenvalue weighted by Crippen LogP contribution is -2.22. The molecule has 1 amide bonds. The van der Waals surface area contributed by atoms with Gasteiger partial charge in [0.1, 0.15) is 5.82 Å². The quantitative estimate of drug-likeness (QED) is 0.239. The summed E-state index contributed by atoms with van der Waals surface area (Å²) in [5.41, 5.74) is 5.40. The van der Waals surface area contributed by atoms with Gasteiger partial charge < -0.3 is 9.88 Å². The van der Waals surface area contributed by atoms with Crippen molar-refractivity contribution in [2.45, 2.75) is 24.0 Å². The van der Waals surface area contributed by atoms with Crippen LogP contribution in [0.3, 0.4) is 0 Å². The van der Waals surface area contributed by atoms with Crippen LogP contribution in [0.4, 0.5) is 4.39 Å². The van der Waals surface area contributed by atoms with Crippen molar-refractivity contribution in [2.75, 3.05) is 0 Å². The molecule has 0 unspecified atom stereocenters. The molecule has 5 aromatic rings. The Kier molecular flexibility index (Phi) is 7.30. The summed E-state index contributed by atoms with van der Waals surface area (Å²) < 4.78 is 15.2. The maximum atomic E-state index is 13.1. The molecule has 5 rings (SSSR count). The van der Waals surface area contributed by atoms with Crippen LogP contribution in [0, 0.1) is 5.82 Å². The molecule has 36 heavy (non-hydrogen) atoms. The van der Waals surface area contributed by atoms with E-state index in [1.807, 2.05) is 60.8 Å². The molecule has 2 heterocycles. The van der Waals surface area contributed by atoms with Crippen LogP contribution in [0.25, 0.3) is 11.0 Å². The number of aromatic nitrogens is 3. The molecule has 0 atom stereocenters. The van der Waals surface area contributed by atoms with Crippen molar-refractivity contribution in [3.05, 3.63) is 124 Å². The molecular formula is C28H22ClFN4OS. The number of amides is 1. The zero-order valence-corrected chi connectivity index (χ0v) is 20.8. The van der Waals surface area contributed by atoms with Crippen molar-refractivity contribution in [3.63, 3.8) is 0 Å². The predicted octanol–water partition coefficient (Wildman–Crippen LogP) is 6.49. The van der Waals surface area contributed by atoms with Gasteiger partial charge in [-0.15, -0.1) is 0 Å². The summed E-state index contributed by atoms with van der Waals surface area (Å²) in [4.78, 5) is 21.7. The third kappa shape index (κ3) is 5.75. The van der Waals surface area contributed by atoms with Gasteiger partial charge in [-0.3, -0.25) is 9.78 Å². The maximum absolute atomic E-state index is 13.1. The molecule has 0 aliphatic rings. The first-order valence-corrected chi connectivity index (χ1v) is 12.7. The topological polar surface area (TPSA) is 59.8 Å². The Bertz CT molecular complexity index is 1500. The molecule has 0 aliphatic heterocycles. The summed E-state index contributed by atoms with van der Waals surface area (Å²) in [7, 11) is 0. The van der Waals surface area contributed by atoms with E-state index in [9.17, 15) is 9.18 Å². The zero-order valence-electron chi connectivity index (χ0n) is 19.2. The number of rotatable bonds is 8. The lowest BCUT2D eigenvalue weighted by Gasteiger charge is -2.10. The van der Waals surface area contributed by atoms with Crippen molar-refractivity contribution < 1.29 is 9.18 Å². The Morgan fingerprint density at radius 2 is 1.75 bits per heavy atom. The Labute approximate surface area is 217 Å². The molecule has 0 radical (unpaired) electrons. The molecule has 0 spiro atoms. The number of halogens is 2. The van der Waals surface area contributed by atoms with Gasteiger partial charge in [0.15, 0.2) is 5.16 Å². The number of hydrogen-bond acceptors (Lipinski definition) is 4. The highest BCUT2D eigenvalue weighted by atomic mass is 35.5. The number of nitrogens with zero attached hydrogens (tertiary/aromatic N) is 3. The van der Waals surface area contributed by atoms with Crippen molar-refractivity contribution in [1.29, 1.82) is 0 Å². The third-order valence-electron chi connectivity index (χ3n) is 5.70. The SMILES string of the molecule is O=C(NCc1ccc(F)cc1)c1ccc(Cn2c(SCc3cccc(Cl)c3)nc3ccncc32)cc1. The maximum Gasteiger partial charge on any atom is 0.251 e. The number of pyridine rings is 1. The predicted molar refractivity (Wildman–Crippen MR) is 142 cm³/mol. The molecule has 3 aromatic carbocycles. The van der Waals surface area contributed by atoms with Gasteiger partial charge in [0.2, 0.25) is 0 Å². The average molecular weight is 517 g/mol.